The van der Waals surface area contributed by atoms with Gasteiger partial charge in [0.25, 0.3) is 0 Å². The predicted octanol–water partition coefficient (Wildman–Crippen LogP) is 2.42. The van der Waals surface area contributed by atoms with Gasteiger partial charge in [0.1, 0.15) is 5.82 Å². The van der Waals surface area contributed by atoms with Crippen LogP contribution in [-0.2, 0) is 9.59 Å². The Morgan fingerprint density at radius 3 is 2.72 bits per heavy atom. The first-order chi connectivity index (χ1) is 11.5. The molecule has 5 nitrogen and oxygen atoms in total. The Morgan fingerprint density at radius 1 is 1.36 bits per heavy atom. The van der Waals surface area contributed by atoms with Gasteiger partial charge in [0.15, 0.2) is 0 Å². The van der Waals surface area contributed by atoms with E-state index in [2.05, 4.69) is 16.0 Å². The topological polar surface area (TPSA) is 70.2 Å². The Hall–Kier alpha value is -1.31. The van der Waals surface area contributed by atoms with E-state index in [0.29, 0.717) is 18.2 Å². The lowest BCUT2D eigenvalue weighted by atomic mass is 10.00. The Labute approximate surface area is 158 Å². The molecule has 25 heavy (non-hydrogen) atoms. The number of amides is 2. The number of carbonyl (C=O) groups is 2. The maximum Gasteiger partial charge on any atom is 0.234 e. The third-order valence-electron chi connectivity index (χ3n) is 3.93. The van der Waals surface area contributed by atoms with E-state index in [-0.39, 0.29) is 41.0 Å². The van der Waals surface area contributed by atoms with Crippen LogP contribution in [0.3, 0.4) is 0 Å². The maximum absolute atomic E-state index is 12.8. The van der Waals surface area contributed by atoms with Gasteiger partial charge in [0.05, 0.1) is 11.0 Å². The highest BCUT2D eigenvalue weighted by molar-refractivity contribution is 8.01. The van der Waals surface area contributed by atoms with Gasteiger partial charge in [-0.3, -0.25) is 9.59 Å². The van der Waals surface area contributed by atoms with Gasteiger partial charge in [-0.1, -0.05) is 0 Å². The van der Waals surface area contributed by atoms with E-state index in [9.17, 15) is 14.0 Å². The minimum Gasteiger partial charge on any atom is -0.355 e. The molecule has 1 fully saturated rings. The molecule has 3 N–H and O–H groups in total. The van der Waals surface area contributed by atoms with E-state index in [4.69, 9.17) is 0 Å². The van der Waals surface area contributed by atoms with Gasteiger partial charge < -0.3 is 16.0 Å². The molecule has 2 amide bonds. The summed E-state index contributed by atoms with van der Waals surface area (Å²) < 4.78 is 12.8. The molecule has 0 spiro atoms. The molecular formula is C17H25ClFN3O2S. The summed E-state index contributed by atoms with van der Waals surface area (Å²) in [6.07, 6.45) is 2.28. The quantitative estimate of drug-likeness (QED) is 0.669. The molecule has 1 aliphatic heterocycles. The molecular weight excluding hydrogens is 365 g/mol. The van der Waals surface area contributed by atoms with Crippen LogP contribution < -0.4 is 16.0 Å². The number of hydrogen-bond donors (Lipinski definition) is 3. The van der Waals surface area contributed by atoms with Crippen LogP contribution in [0.5, 0.6) is 0 Å². The second-order valence-electron chi connectivity index (χ2n) is 5.97. The van der Waals surface area contributed by atoms with Crippen molar-refractivity contribution in [2.75, 3.05) is 30.7 Å². The molecule has 2 unspecified atom stereocenters. The number of carbonyl (C=O) groups excluding carboxylic acids is 2. The average Bonchev–Trinajstić information content (AvgIpc) is 2.60. The number of hydrogen-bond acceptors (Lipinski definition) is 4. The smallest absolute Gasteiger partial charge is 0.234 e. The number of halogens is 2. The van der Waals surface area contributed by atoms with E-state index in [1.165, 1.54) is 36.0 Å². The van der Waals surface area contributed by atoms with Crippen molar-refractivity contribution in [3.8, 4) is 0 Å². The molecule has 1 aliphatic rings. The standard InChI is InChI=1S/C17H24FN3O2S.ClH/c1-12(17(23)20-10-13-3-2-8-19-9-13)24-11-16(22)21-15-6-4-14(18)5-7-15;/h4-7,12-13,19H,2-3,8-11H2,1H3,(H,20,23)(H,21,22);1H. The Kier molecular flexibility index (Phi) is 9.85. The Bertz CT molecular complexity index is 553. The van der Waals surface area contributed by atoms with Crippen LogP contribution in [0.4, 0.5) is 10.1 Å². The third kappa shape index (κ3) is 8.07. The number of piperidine rings is 1. The highest BCUT2D eigenvalue weighted by Crippen LogP contribution is 2.14. The summed E-state index contributed by atoms with van der Waals surface area (Å²) in [5.74, 6) is 0.0714. The lowest BCUT2D eigenvalue weighted by Gasteiger charge is -2.23. The molecule has 0 aromatic heterocycles. The van der Waals surface area contributed by atoms with Crippen LogP contribution in [0.15, 0.2) is 24.3 Å². The zero-order chi connectivity index (χ0) is 17.4. The monoisotopic (exact) mass is 389 g/mol. The highest BCUT2D eigenvalue weighted by atomic mass is 35.5. The molecule has 1 aromatic rings. The maximum atomic E-state index is 12.8. The molecule has 2 rings (SSSR count). The van der Waals surface area contributed by atoms with Crippen molar-refractivity contribution in [2.24, 2.45) is 5.92 Å². The molecule has 140 valence electrons. The van der Waals surface area contributed by atoms with Gasteiger partial charge in [-0.2, -0.15) is 0 Å². The van der Waals surface area contributed by atoms with Crippen molar-refractivity contribution in [3.63, 3.8) is 0 Å². The SMILES string of the molecule is CC(SCC(=O)Nc1ccc(F)cc1)C(=O)NCC1CCCNC1.Cl. The molecule has 1 aromatic carbocycles. The van der Waals surface area contributed by atoms with E-state index in [1.54, 1.807) is 6.92 Å². The summed E-state index contributed by atoms with van der Waals surface area (Å²) in [4.78, 5) is 23.9. The second kappa shape index (κ2) is 11.3. The molecule has 0 saturated carbocycles. The van der Waals surface area contributed by atoms with Gasteiger partial charge in [0, 0.05) is 12.2 Å². The minimum absolute atomic E-state index is 0. The molecule has 8 heteroatoms. The lowest BCUT2D eigenvalue weighted by molar-refractivity contribution is -0.120. The largest absolute Gasteiger partial charge is 0.355 e. The normalized spacial score (nSPS) is 17.9. The number of benzene rings is 1. The van der Waals surface area contributed by atoms with Gasteiger partial charge in [-0.15, -0.1) is 24.2 Å². The number of nitrogens with one attached hydrogen (secondary N) is 3. The Morgan fingerprint density at radius 2 is 2.08 bits per heavy atom. The van der Waals surface area contributed by atoms with Crippen molar-refractivity contribution >= 4 is 41.7 Å². The summed E-state index contributed by atoms with van der Waals surface area (Å²) in [6.45, 7) is 4.48. The van der Waals surface area contributed by atoms with Crippen molar-refractivity contribution < 1.29 is 14.0 Å². The summed E-state index contributed by atoms with van der Waals surface area (Å²) in [7, 11) is 0. The summed E-state index contributed by atoms with van der Waals surface area (Å²) >= 11 is 1.29. The summed E-state index contributed by atoms with van der Waals surface area (Å²) in [5.41, 5.74) is 0.545. The molecule has 0 bridgehead atoms. The molecule has 1 heterocycles. The first kappa shape index (κ1) is 21.7. The number of rotatable bonds is 7. The Balaban J connectivity index is 0.00000312. The molecule has 0 radical (unpaired) electrons. The molecule has 2 atom stereocenters. The van der Waals surface area contributed by atoms with Crippen molar-refractivity contribution in [1.82, 2.24) is 10.6 Å². The van der Waals surface area contributed by atoms with E-state index >= 15 is 0 Å². The van der Waals surface area contributed by atoms with Crippen LogP contribution in [0.1, 0.15) is 19.8 Å². The zero-order valence-electron chi connectivity index (χ0n) is 14.2. The first-order valence-electron chi connectivity index (χ1n) is 8.20. The van der Waals surface area contributed by atoms with Crippen LogP contribution in [0, 0.1) is 11.7 Å². The van der Waals surface area contributed by atoms with Gasteiger partial charge in [-0.05, 0) is 63.0 Å². The van der Waals surface area contributed by atoms with Crippen LogP contribution in [0.2, 0.25) is 0 Å². The average molecular weight is 390 g/mol. The van der Waals surface area contributed by atoms with Crippen molar-refractivity contribution in [3.05, 3.63) is 30.1 Å². The van der Waals surface area contributed by atoms with Gasteiger partial charge >= 0.3 is 0 Å². The summed E-state index contributed by atoms with van der Waals surface area (Å²) in [5, 5.41) is 8.67. The van der Waals surface area contributed by atoms with Crippen molar-refractivity contribution in [2.45, 2.75) is 25.0 Å². The van der Waals surface area contributed by atoms with Crippen molar-refractivity contribution in [1.29, 1.82) is 0 Å². The fraction of sp³-hybridized carbons (Fsp3) is 0.529. The van der Waals surface area contributed by atoms with E-state index in [0.717, 1.165) is 25.9 Å². The fourth-order valence-electron chi connectivity index (χ4n) is 2.49. The van der Waals surface area contributed by atoms with Gasteiger partial charge in [-0.25, -0.2) is 4.39 Å². The molecule has 1 saturated heterocycles. The zero-order valence-corrected chi connectivity index (χ0v) is 15.9. The van der Waals surface area contributed by atoms with Gasteiger partial charge in [0.2, 0.25) is 11.8 Å². The minimum atomic E-state index is -0.346. The predicted molar refractivity (Wildman–Crippen MR) is 103 cm³/mol. The second-order valence-corrected chi connectivity index (χ2v) is 7.29. The molecule has 0 aliphatic carbocycles. The fourth-order valence-corrected chi connectivity index (χ4v) is 3.20. The van der Waals surface area contributed by atoms with Crippen LogP contribution in [0.25, 0.3) is 0 Å². The van der Waals surface area contributed by atoms with E-state index < -0.39 is 0 Å². The van der Waals surface area contributed by atoms with Crippen LogP contribution >= 0.6 is 24.2 Å². The lowest BCUT2D eigenvalue weighted by Crippen LogP contribution is -2.40. The number of thioether (sulfide) groups is 1. The first-order valence-corrected chi connectivity index (χ1v) is 9.25. The third-order valence-corrected chi connectivity index (χ3v) is 5.07. The summed E-state index contributed by atoms with van der Waals surface area (Å²) in [6, 6.07) is 5.59. The number of anilines is 1. The van der Waals surface area contributed by atoms with Crippen LogP contribution in [-0.4, -0.2) is 42.5 Å². The highest BCUT2D eigenvalue weighted by Gasteiger charge is 2.18. The van der Waals surface area contributed by atoms with E-state index in [1.807, 2.05) is 0 Å².